The number of nitrogens with one attached hydrogen (secondary N) is 2. The second-order valence-electron chi connectivity index (χ2n) is 10.7. The second kappa shape index (κ2) is 13.8. The van der Waals surface area contributed by atoms with Gasteiger partial charge in [-0.3, -0.25) is 19.8 Å². The molecule has 0 radical (unpaired) electrons. The zero-order valence-electron chi connectivity index (χ0n) is 25.0. The number of allylic oxidation sites excluding steroid dienone is 4. The van der Waals surface area contributed by atoms with Gasteiger partial charge in [-0.15, -0.1) is 0 Å². The van der Waals surface area contributed by atoms with Crippen LogP contribution in [-0.4, -0.2) is 49.3 Å². The largest absolute Gasteiger partial charge is 0.443 e. The van der Waals surface area contributed by atoms with E-state index in [0.29, 0.717) is 23.4 Å². The Labute approximate surface area is 259 Å². The molecule has 11 nitrogen and oxygen atoms in total. The lowest BCUT2D eigenvalue weighted by Gasteiger charge is -2.22. The van der Waals surface area contributed by atoms with Gasteiger partial charge >= 0.3 is 0 Å². The maximum Gasteiger partial charge on any atom is 0.260 e. The van der Waals surface area contributed by atoms with E-state index >= 15 is 0 Å². The number of hydrogen-bond acceptors (Lipinski definition) is 8. The number of amides is 2. The molecule has 2 N–H and O–H groups in total. The first-order valence-electron chi connectivity index (χ1n) is 14.3. The summed E-state index contributed by atoms with van der Waals surface area (Å²) in [6, 6.07) is 8.27. The van der Waals surface area contributed by atoms with Gasteiger partial charge in [-0.1, -0.05) is 18.2 Å². The number of halogens is 1. The molecule has 2 aromatic heterocycles. The first-order valence-corrected chi connectivity index (χ1v) is 14.3. The molecule has 3 aromatic rings. The van der Waals surface area contributed by atoms with Crippen molar-refractivity contribution in [1.29, 1.82) is 0 Å². The van der Waals surface area contributed by atoms with E-state index < -0.39 is 23.4 Å². The van der Waals surface area contributed by atoms with Crippen molar-refractivity contribution in [3.8, 4) is 5.88 Å². The summed E-state index contributed by atoms with van der Waals surface area (Å²) in [7, 11) is 1.88. The number of benzene rings is 1. The van der Waals surface area contributed by atoms with Crippen LogP contribution in [0.1, 0.15) is 43.9 Å². The number of hydrogen-bond donors (Lipinski definition) is 2. The van der Waals surface area contributed by atoms with Crippen molar-refractivity contribution in [2.24, 2.45) is 12.1 Å². The van der Waals surface area contributed by atoms with Crippen molar-refractivity contribution >= 4 is 35.1 Å². The topological polar surface area (TPSA) is 131 Å². The molecule has 45 heavy (non-hydrogen) atoms. The maximum atomic E-state index is 13.6. The highest BCUT2D eigenvalue weighted by Gasteiger charge is 2.36. The summed E-state index contributed by atoms with van der Waals surface area (Å²) < 4.78 is 21.5. The lowest BCUT2D eigenvalue weighted by Crippen LogP contribution is -2.32. The molecule has 0 fully saturated rings. The fraction of sp³-hybridized carbons (Fsp3) is 0.212. The van der Waals surface area contributed by atoms with Crippen LogP contribution in [0.25, 0.3) is 5.57 Å². The molecular formula is C33H32FN7O4. The third-order valence-electron chi connectivity index (χ3n) is 7.05. The zero-order valence-corrected chi connectivity index (χ0v) is 25.0. The van der Waals surface area contributed by atoms with E-state index in [1.165, 1.54) is 41.6 Å². The normalized spacial score (nSPS) is 21.0. The van der Waals surface area contributed by atoms with Crippen LogP contribution >= 0.6 is 0 Å². The molecule has 1 atom stereocenters. The minimum Gasteiger partial charge on any atom is -0.443 e. The van der Waals surface area contributed by atoms with E-state index in [-0.39, 0.29) is 29.8 Å². The summed E-state index contributed by atoms with van der Waals surface area (Å²) >= 11 is 0. The molecule has 12 heteroatoms. The number of carbonyl (C=O) groups is 3. The highest BCUT2D eigenvalue weighted by Crippen LogP contribution is 2.30. The number of pyridine rings is 1. The quantitative estimate of drug-likeness (QED) is 0.374. The number of aromatic nitrogens is 3. The minimum absolute atomic E-state index is 0.144. The molecule has 5 rings (SSSR count). The van der Waals surface area contributed by atoms with E-state index in [1.807, 2.05) is 30.0 Å². The summed E-state index contributed by atoms with van der Waals surface area (Å²) in [5, 5.41) is 6.80. The molecule has 1 unspecified atom stereocenters. The molecule has 1 aromatic carbocycles. The summed E-state index contributed by atoms with van der Waals surface area (Å²) in [6.07, 6.45) is 15.4. The first kappa shape index (κ1) is 30.8. The monoisotopic (exact) mass is 609 g/mol. The van der Waals surface area contributed by atoms with Crippen LogP contribution in [0.3, 0.4) is 0 Å². The second-order valence-corrected chi connectivity index (χ2v) is 10.7. The lowest BCUT2D eigenvalue weighted by molar-refractivity contribution is -0.131. The molecule has 0 saturated carbocycles. The van der Waals surface area contributed by atoms with Crippen LogP contribution in [0.4, 0.5) is 10.1 Å². The predicted molar refractivity (Wildman–Crippen MR) is 167 cm³/mol. The number of ether oxygens (including phenoxy) is 1. The summed E-state index contributed by atoms with van der Waals surface area (Å²) in [4.78, 5) is 50.2. The summed E-state index contributed by atoms with van der Waals surface area (Å²) in [5.74, 6) is -2.06. The highest BCUT2D eigenvalue weighted by atomic mass is 19.1. The molecule has 2 aliphatic rings. The Morgan fingerprint density at radius 1 is 1.13 bits per heavy atom. The Morgan fingerprint density at radius 2 is 1.93 bits per heavy atom. The van der Waals surface area contributed by atoms with E-state index in [9.17, 15) is 18.8 Å². The van der Waals surface area contributed by atoms with Crippen molar-refractivity contribution in [3.05, 3.63) is 114 Å². The summed E-state index contributed by atoms with van der Waals surface area (Å²) in [5.41, 5.74) is 4.92. The predicted octanol–water partition coefficient (Wildman–Crippen LogP) is 4.61. The Balaban J connectivity index is 1.34. The average Bonchev–Trinajstić information content (AvgIpc) is 3.40. The lowest BCUT2D eigenvalue weighted by atomic mass is 9.88. The summed E-state index contributed by atoms with van der Waals surface area (Å²) in [6.45, 7) is 3.58. The average molecular weight is 610 g/mol. The fourth-order valence-corrected chi connectivity index (χ4v) is 4.75. The Morgan fingerprint density at radius 3 is 2.62 bits per heavy atom. The van der Waals surface area contributed by atoms with Crippen molar-refractivity contribution in [1.82, 2.24) is 24.9 Å². The third-order valence-corrected chi connectivity index (χ3v) is 7.05. The number of rotatable bonds is 7. The number of ketones is 1. The van der Waals surface area contributed by atoms with Gasteiger partial charge in [0.2, 0.25) is 11.8 Å². The number of hydrazone groups is 1. The van der Waals surface area contributed by atoms with Gasteiger partial charge in [-0.05, 0) is 49.8 Å². The molecule has 0 bridgehead atoms. The van der Waals surface area contributed by atoms with Gasteiger partial charge in [0, 0.05) is 62.4 Å². The van der Waals surface area contributed by atoms with Crippen LogP contribution in [-0.2, 0) is 21.4 Å². The van der Waals surface area contributed by atoms with Crippen LogP contribution in [0.2, 0.25) is 0 Å². The Bertz CT molecular complexity index is 1730. The van der Waals surface area contributed by atoms with Crippen molar-refractivity contribution in [2.75, 3.05) is 5.32 Å². The van der Waals surface area contributed by atoms with Crippen molar-refractivity contribution in [2.45, 2.75) is 38.6 Å². The van der Waals surface area contributed by atoms with E-state index in [0.717, 1.165) is 11.3 Å². The van der Waals surface area contributed by atoms with E-state index in [4.69, 9.17) is 4.74 Å². The SMILES string of the molecule is CC(C)N1C=C(C(=O)Nc2ccc(O/C3=C/C(c4cn(C)cn4)=C\N/N=C\C=C/C3)nc2)C(=O)C(c2ccc(F)cc2)CC1=O. The zero-order chi connectivity index (χ0) is 31.9. The highest BCUT2D eigenvalue weighted by molar-refractivity contribution is 6.26. The van der Waals surface area contributed by atoms with Crippen LogP contribution < -0.4 is 15.5 Å². The van der Waals surface area contributed by atoms with Gasteiger partial charge in [0.25, 0.3) is 5.91 Å². The van der Waals surface area contributed by atoms with Crippen molar-refractivity contribution < 1.29 is 23.5 Å². The van der Waals surface area contributed by atoms with Gasteiger partial charge in [0.05, 0.1) is 35.4 Å². The number of nitrogens with zero attached hydrogens (tertiary/aromatic N) is 5. The standard InChI is InChI=1S/C33H32FN7O4/c1-21(2)41-18-28(32(43)27(15-31(41)42)22-7-9-24(34)10-8-22)33(44)39-25-11-12-30(35-17-25)45-26-6-4-5-13-37-38-16-23(14-26)29-19-40(3)20-36-29/h4-5,7-14,16-21,27,38H,6,15H2,1-3H3,(H,39,44)/b5-4-,23-16+,26-14+,37-13-. The van der Waals surface area contributed by atoms with Crippen LogP contribution in [0.15, 0.2) is 102 Å². The fourth-order valence-electron chi connectivity index (χ4n) is 4.75. The van der Waals surface area contributed by atoms with Crippen LogP contribution in [0, 0.1) is 5.82 Å². The van der Waals surface area contributed by atoms with Crippen molar-refractivity contribution in [3.63, 3.8) is 0 Å². The van der Waals surface area contributed by atoms with E-state index in [1.54, 1.807) is 50.8 Å². The van der Waals surface area contributed by atoms with Gasteiger partial charge in [-0.2, -0.15) is 5.10 Å². The maximum absolute atomic E-state index is 13.6. The number of Topliss-reactive ketones (excluding diaryl/α,β-unsaturated/α-hetero) is 1. The number of anilines is 1. The number of carbonyl (C=O) groups excluding carboxylic acids is 3. The van der Waals surface area contributed by atoms with Crippen LogP contribution in [0.5, 0.6) is 5.88 Å². The number of aryl methyl sites for hydroxylation is 1. The first-order chi connectivity index (χ1) is 21.7. The number of imidazole rings is 1. The molecule has 230 valence electrons. The molecule has 2 aliphatic heterocycles. The minimum atomic E-state index is -0.932. The van der Waals surface area contributed by atoms with Gasteiger partial charge in [-0.25, -0.2) is 14.4 Å². The Hall–Kier alpha value is -5.65. The Kier molecular flexibility index (Phi) is 9.42. The van der Waals surface area contributed by atoms with E-state index in [2.05, 4.69) is 25.8 Å². The smallest absolute Gasteiger partial charge is 0.260 e. The van der Waals surface area contributed by atoms with Gasteiger partial charge < -0.3 is 19.5 Å². The molecule has 0 saturated heterocycles. The molecule has 4 heterocycles. The molecule has 0 aliphatic carbocycles. The molecule has 2 amide bonds. The van der Waals surface area contributed by atoms with Gasteiger partial charge in [0.1, 0.15) is 11.6 Å². The van der Waals surface area contributed by atoms with Gasteiger partial charge in [0.15, 0.2) is 5.78 Å². The molecule has 0 spiro atoms. The molecular weight excluding hydrogens is 577 g/mol. The third kappa shape index (κ3) is 7.66.